The molecule has 2 heterocycles. The summed E-state index contributed by atoms with van der Waals surface area (Å²) in [6.07, 6.45) is 3.80. The van der Waals surface area contributed by atoms with E-state index in [9.17, 15) is 0 Å². The molecule has 0 saturated heterocycles. The lowest BCUT2D eigenvalue weighted by Crippen LogP contribution is -1.94. The number of aromatic amines is 1. The van der Waals surface area contributed by atoms with Gasteiger partial charge in [0.15, 0.2) is 0 Å². The Hall–Kier alpha value is -2.03. The second kappa shape index (κ2) is 3.77. The summed E-state index contributed by atoms with van der Waals surface area (Å²) in [5, 5.41) is 1.23. The Morgan fingerprint density at radius 1 is 1.29 bits per heavy atom. The molecule has 3 aromatic rings. The van der Waals surface area contributed by atoms with Crippen molar-refractivity contribution in [1.29, 1.82) is 0 Å². The van der Waals surface area contributed by atoms with Gasteiger partial charge in [-0.15, -0.1) is 0 Å². The third kappa shape index (κ3) is 1.64. The van der Waals surface area contributed by atoms with Crippen molar-refractivity contribution in [1.82, 2.24) is 9.97 Å². The average Bonchev–Trinajstić information content (AvgIpc) is 2.94. The number of oxazole rings is 1. The van der Waals surface area contributed by atoms with Crippen LogP contribution in [0.2, 0.25) is 0 Å². The van der Waals surface area contributed by atoms with Crippen LogP contribution in [0.15, 0.2) is 41.1 Å². The van der Waals surface area contributed by atoms with Gasteiger partial charge >= 0.3 is 0 Å². The fourth-order valence-electron chi connectivity index (χ4n) is 2.16. The first-order valence-electron chi connectivity index (χ1n) is 5.74. The van der Waals surface area contributed by atoms with Crippen LogP contribution in [-0.2, 0) is 0 Å². The number of aryl methyl sites for hydroxylation is 1. The molecule has 1 unspecified atom stereocenters. The number of hydrogen-bond acceptors (Lipinski definition) is 2. The van der Waals surface area contributed by atoms with Gasteiger partial charge in [-0.3, -0.25) is 0 Å². The summed E-state index contributed by atoms with van der Waals surface area (Å²) < 4.78 is 5.59. The van der Waals surface area contributed by atoms with Crippen LogP contribution in [0.25, 0.3) is 10.9 Å². The molecule has 0 aliphatic rings. The van der Waals surface area contributed by atoms with Crippen molar-refractivity contribution >= 4 is 10.9 Å². The average molecular weight is 226 g/mol. The molecule has 2 aromatic heterocycles. The summed E-state index contributed by atoms with van der Waals surface area (Å²) in [5.74, 6) is 1.79. The molecule has 0 saturated carbocycles. The van der Waals surface area contributed by atoms with E-state index in [-0.39, 0.29) is 5.92 Å². The van der Waals surface area contributed by atoms with E-state index in [4.69, 9.17) is 4.42 Å². The highest BCUT2D eigenvalue weighted by Crippen LogP contribution is 2.29. The van der Waals surface area contributed by atoms with E-state index >= 15 is 0 Å². The van der Waals surface area contributed by atoms with Crippen molar-refractivity contribution in [2.75, 3.05) is 0 Å². The lowest BCUT2D eigenvalue weighted by atomic mass is 10.0. The monoisotopic (exact) mass is 226 g/mol. The summed E-state index contributed by atoms with van der Waals surface area (Å²) in [6.45, 7) is 4.03. The summed E-state index contributed by atoms with van der Waals surface area (Å²) in [6, 6.07) is 8.27. The number of nitrogens with zero attached hydrogens (tertiary/aromatic N) is 1. The highest BCUT2D eigenvalue weighted by molar-refractivity contribution is 5.83. The zero-order chi connectivity index (χ0) is 11.8. The van der Waals surface area contributed by atoms with Gasteiger partial charge in [-0.25, -0.2) is 4.98 Å². The second-order valence-corrected chi connectivity index (χ2v) is 4.32. The minimum Gasteiger partial charge on any atom is -0.445 e. The van der Waals surface area contributed by atoms with Gasteiger partial charge in [0.25, 0.3) is 0 Å². The third-order valence-electron chi connectivity index (χ3n) is 3.10. The molecule has 86 valence electrons. The third-order valence-corrected chi connectivity index (χ3v) is 3.10. The summed E-state index contributed by atoms with van der Waals surface area (Å²) in [4.78, 5) is 7.57. The molecule has 0 spiro atoms. The predicted molar refractivity (Wildman–Crippen MR) is 67.1 cm³/mol. The minimum absolute atomic E-state index is 0.167. The standard InChI is InChI=1S/C14H14N2O/c1-9-7-16-14(17-9)10(2)12-8-15-13-6-4-3-5-11(12)13/h3-8,10,15H,1-2H3. The van der Waals surface area contributed by atoms with E-state index in [1.54, 1.807) is 6.20 Å². The molecule has 1 aromatic carbocycles. The minimum atomic E-state index is 0.167. The first-order valence-corrected chi connectivity index (χ1v) is 5.74. The van der Waals surface area contributed by atoms with Gasteiger partial charge in [-0.1, -0.05) is 18.2 Å². The molecule has 0 radical (unpaired) electrons. The van der Waals surface area contributed by atoms with Gasteiger partial charge in [0.05, 0.1) is 12.1 Å². The Balaban J connectivity index is 2.09. The van der Waals surface area contributed by atoms with Crippen molar-refractivity contribution in [2.45, 2.75) is 19.8 Å². The largest absolute Gasteiger partial charge is 0.445 e. The first kappa shape index (κ1) is 10.1. The van der Waals surface area contributed by atoms with Crippen LogP contribution >= 0.6 is 0 Å². The molecule has 0 amide bonds. The van der Waals surface area contributed by atoms with Crippen LogP contribution in [-0.4, -0.2) is 9.97 Å². The molecular weight excluding hydrogens is 212 g/mol. The van der Waals surface area contributed by atoms with Gasteiger partial charge in [0, 0.05) is 17.1 Å². The molecule has 0 bridgehead atoms. The van der Waals surface area contributed by atoms with E-state index in [1.807, 2.05) is 25.3 Å². The zero-order valence-electron chi connectivity index (χ0n) is 9.90. The van der Waals surface area contributed by atoms with E-state index in [2.05, 4.69) is 29.0 Å². The maximum absolute atomic E-state index is 5.59. The summed E-state index contributed by atoms with van der Waals surface area (Å²) >= 11 is 0. The smallest absolute Gasteiger partial charge is 0.201 e. The quantitative estimate of drug-likeness (QED) is 0.725. The molecule has 3 nitrogen and oxygen atoms in total. The number of rotatable bonds is 2. The zero-order valence-corrected chi connectivity index (χ0v) is 9.90. The Labute approximate surface area is 99.5 Å². The van der Waals surface area contributed by atoms with Crippen LogP contribution in [0, 0.1) is 6.92 Å². The van der Waals surface area contributed by atoms with E-state index in [0.29, 0.717) is 0 Å². The molecule has 1 atom stereocenters. The number of benzene rings is 1. The molecular formula is C14H14N2O. The van der Waals surface area contributed by atoms with Crippen molar-refractivity contribution in [3.8, 4) is 0 Å². The summed E-state index contributed by atoms with van der Waals surface area (Å²) in [7, 11) is 0. The summed E-state index contributed by atoms with van der Waals surface area (Å²) in [5.41, 5.74) is 2.38. The maximum atomic E-state index is 5.59. The van der Waals surface area contributed by atoms with Crippen LogP contribution in [0.1, 0.15) is 30.1 Å². The van der Waals surface area contributed by atoms with E-state index in [1.165, 1.54) is 10.9 Å². The number of hydrogen-bond donors (Lipinski definition) is 1. The van der Waals surface area contributed by atoms with Crippen LogP contribution in [0.5, 0.6) is 0 Å². The van der Waals surface area contributed by atoms with Gasteiger partial charge in [0.2, 0.25) is 5.89 Å². The highest BCUT2D eigenvalue weighted by Gasteiger charge is 2.17. The van der Waals surface area contributed by atoms with Crippen molar-refractivity contribution in [2.24, 2.45) is 0 Å². The fraction of sp³-hybridized carbons (Fsp3) is 0.214. The number of aromatic nitrogens is 2. The molecule has 0 aliphatic carbocycles. The number of fused-ring (bicyclic) bond motifs is 1. The molecule has 3 rings (SSSR count). The Morgan fingerprint density at radius 3 is 2.88 bits per heavy atom. The Morgan fingerprint density at radius 2 is 2.12 bits per heavy atom. The molecule has 0 aliphatic heterocycles. The van der Waals surface area contributed by atoms with Gasteiger partial charge in [-0.05, 0) is 25.5 Å². The fourth-order valence-corrected chi connectivity index (χ4v) is 2.16. The SMILES string of the molecule is Cc1cnc(C(C)c2c[nH]c3ccccc23)o1. The van der Waals surface area contributed by atoms with E-state index in [0.717, 1.165) is 17.2 Å². The van der Waals surface area contributed by atoms with E-state index < -0.39 is 0 Å². The van der Waals surface area contributed by atoms with Crippen LogP contribution in [0.4, 0.5) is 0 Å². The van der Waals surface area contributed by atoms with Crippen molar-refractivity contribution in [3.63, 3.8) is 0 Å². The van der Waals surface area contributed by atoms with Crippen molar-refractivity contribution < 1.29 is 4.42 Å². The molecule has 0 fully saturated rings. The van der Waals surface area contributed by atoms with Crippen molar-refractivity contribution in [3.05, 3.63) is 53.9 Å². The number of para-hydroxylation sites is 1. The topological polar surface area (TPSA) is 41.8 Å². The predicted octanol–water partition coefficient (Wildman–Crippen LogP) is 3.62. The lowest BCUT2D eigenvalue weighted by molar-refractivity contribution is 0.459. The van der Waals surface area contributed by atoms with Gasteiger partial charge in [0.1, 0.15) is 5.76 Å². The first-order chi connectivity index (χ1) is 8.25. The molecule has 1 N–H and O–H groups in total. The number of H-pyrrole nitrogens is 1. The maximum Gasteiger partial charge on any atom is 0.201 e. The normalized spacial score (nSPS) is 13.1. The van der Waals surface area contributed by atoms with Crippen LogP contribution < -0.4 is 0 Å². The van der Waals surface area contributed by atoms with Crippen LogP contribution in [0.3, 0.4) is 0 Å². The van der Waals surface area contributed by atoms with Gasteiger partial charge in [-0.2, -0.15) is 0 Å². The molecule has 17 heavy (non-hydrogen) atoms. The highest BCUT2D eigenvalue weighted by atomic mass is 16.4. The van der Waals surface area contributed by atoms with Gasteiger partial charge < -0.3 is 9.40 Å². The Kier molecular flexibility index (Phi) is 2.25. The number of nitrogens with one attached hydrogen (secondary N) is 1. The Bertz CT molecular complexity index is 651. The molecule has 3 heteroatoms. The second-order valence-electron chi connectivity index (χ2n) is 4.32. The lowest BCUT2D eigenvalue weighted by Gasteiger charge is -2.05.